The molecule has 0 heterocycles. The summed E-state index contributed by atoms with van der Waals surface area (Å²) in [5.74, 6) is -0.382. The van der Waals surface area contributed by atoms with Crippen molar-refractivity contribution in [3.05, 3.63) is 68.9 Å². The molecular weight excluding hydrogens is 307 g/mol. The van der Waals surface area contributed by atoms with Crippen molar-refractivity contribution in [2.24, 2.45) is 0 Å². The average molecular weight is 323 g/mol. The van der Waals surface area contributed by atoms with Gasteiger partial charge in [-0.25, -0.2) is 4.39 Å². The number of benzene rings is 2. The van der Waals surface area contributed by atoms with E-state index in [0.29, 0.717) is 16.5 Å². The van der Waals surface area contributed by atoms with E-state index in [1.165, 1.54) is 6.07 Å². The lowest BCUT2D eigenvalue weighted by Crippen LogP contribution is -2.05. The molecule has 0 saturated carbocycles. The second-order valence-corrected chi connectivity index (χ2v) is 5.73. The second kappa shape index (κ2) is 5.85. The van der Waals surface area contributed by atoms with E-state index in [1.54, 1.807) is 12.1 Å². The molecule has 0 aromatic heterocycles. The Morgan fingerprint density at radius 3 is 2.58 bits per heavy atom. The molecule has 0 spiro atoms. The van der Waals surface area contributed by atoms with Crippen LogP contribution in [0.3, 0.4) is 0 Å². The third kappa shape index (κ3) is 3.43. The van der Waals surface area contributed by atoms with Crippen molar-refractivity contribution >= 4 is 15.9 Å². The highest BCUT2D eigenvalue weighted by Crippen LogP contribution is 2.25. The van der Waals surface area contributed by atoms with Gasteiger partial charge >= 0.3 is 0 Å². The molecule has 0 aliphatic rings. The third-order valence-electron chi connectivity index (χ3n) is 3.24. The van der Waals surface area contributed by atoms with Gasteiger partial charge < -0.3 is 5.11 Å². The number of rotatable bonds is 3. The van der Waals surface area contributed by atoms with Crippen molar-refractivity contribution in [2.75, 3.05) is 0 Å². The molecule has 1 atom stereocenters. The van der Waals surface area contributed by atoms with Crippen molar-refractivity contribution in [2.45, 2.75) is 26.4 Å². The van der Waals surface area contributed by atoms with Crippen LogP contribution in [0.25, 0.3) is 0 Å². The molecule has 2 aromatic rings. The van der Waals surface area contributed by atoms with E-state index in [2.05, 4.69) is 15.9 Å². The fourth-order valence-corrected chi connectivity index (χ4v) is 2.44. The predicted octanol–water partition coefficient (Wildman–Crippen LogP) is 4.48. The highest BCUT2D eigenvalue weighted by atomic mass is 79.9. The van der Waals surface area contributed by atoms with E-state index < -0.39 is 6.10 Å². The number of hydrogen-bond acceptors (Lipinski definition) is 1. The van der Waals surface area contributed by atoms with Gasteiger partial charge in [0.05, 0.1) is 6.10 Å². The highest BCUT2D eigenvalue weighted by molar-refractivity contribution is 9.10. The van der Waals surface area contributed by atoms with Gasteiger partial charge in [-0.2, -0.15) is 0 Å². The largest absolute Gasteiger partial charge is 0.388 e. The van der Waals surface area contributed by atoms with Crippen LogP contribution in [0.5, 0.6) is 0 Å². The zero-order valence-corrected chi connectivity index (χ0v) is 12.5. The summed E-state index contributed by atoms with van der Waals surface area (Å²) in [6.45, 7) is 4.01. The maximum absolute atomic E-state index is 13.8. The Hall–Kier alpha value is -1.19. The molecule has 0 bridgehead atoms. The molecule has 0 fully saturated rings. The van der Waals surface area contributed by atoms with Crippen LogP contribution >= 0.6 is 15.9 Å². The van der Waals surface area contributed by atoms with E-state index >= 15 is 0 Å². The van der Waals surface area contributed by atoms with Crippen LogP contribution < -0.4 is 0 Å². The van der Waals surface area contributed by atoms with Crippen LogP contribution in [0.2, 0.25) is 0 Å². The van der Waals surface area contributed by atoms with Crippen molar-refractivity contribution in [3.63, 3.8) is 0 Å². The molecule has 3 heteroatoms. The second-order valence-electron chi connectivity index (χ2n) is 4.82. The molecule has 1 nitrogen and oxygen atoms in total. The number of hydrogen-bond donors (Lipinski definition) is 1. The summed E-state index contributed by atoms with van der Waals surface area (Å²) in [5.41, 5.74) is 3.64. The van der Waals surface area contributed by atoms with Gasteiger partial charge in [-0.3, -0.25) is 0 Å². The van der Waals surface area contributed by atoms with Crippen molar-refractivity contribution in [3.8, 4) is 0 Å². The lowest BCUT2D eigenvalue weighted by Gasteiger charge is -2.14. The summed E-state index contributed by atoms with van der Waals surface area (Å²) in [6.07, 6.45) is -0.403. The standard InChI is InChI=1S/C16H16BrFO/c1-10-3-4-11(2)12(7-10)8-16(19)14-6-5-13(17)9-15(14)18/h3-7,9,16,19H,8H2,1-2H3. The Morgan fingerprint density at radius 2 is 1.89 bits per heavy atom. The molecule has 2 rings (SSSR count). The van der Waals surface area contributed by atoms with Gasteiger partial charge in [0.1, 0.15) is 5.82 Å². The lowest BCUT2D eigenvalue weighted by molar-refractivity contribution is 0.173. The van der Waals surface area contributed by atoms with Gasteiger partial charge in [-0.15, -0.1) is 0 Å². The zero-order chi connectivity index (χ0) is 14.0. The Balaban J connectivity index is 2.25. The molecule has 0 aliphatic carbocycles. The topological polar surface area (TPSA) is 20.2 Å². The highest BCUT2D eigenvalue weighted by Gasteiger charge is 2.14. The predicted molar refractivity (Wildman–Crippen MR) is 78.7 cm³/mol. The van der Waals surface area contributed by atoms with Crippen LogP contribution in [-0.2, 0) is 6.42 Å². The van der Waals surface area contributed by atoms with E-state index in [9.17, 15) is 9.50 Å². The fraction of sp³-hybridized carbons (Fsp3) is 0.250. The van der Waals surface area contributed by atoms with Crippen LogP contribution in [0, 0.1) is 19.7 Å². The fourth-order valence-electron chi connectivity index (χ4n) is 2.11. The number of aryl methyl sites for hydroxylation is 2. The first kappa shape index (κ1) is 14.2. The van der Waals surface area contributed by atoms with Gasteiger partial charge in [0.25, 0.3) is 0 Å². The number of aliphatic hydroxyl groups excluding tert-OH is 1. The van der Waals surface area contributed by atoms with Gasteiger partial charge in [0.15, 0.2) is 0 Å². The minimum absolute atomic E-state index is 0.337. The molecule has 1 unspecified atom stereocenters. The molecule has 2 aromatic carbocycles. The molecule has 19 heavy (non-hydrogen) atoms. The van der Waals surface area contributed by atoms with Gasteiger partial charge in [0, 0.05) is 16.5 Å². The monoisotopic (exact) mass is 322 g/mol. The van der Waals surface area contributed by atoms with Gasteiger partial charge in [-0.05, 0) is 37.1 Å². The van der Waals surface area contributed by atoms with Gasteiger partial charge in [-0.1, -0.05) is 45.8 Å². The maximum Gasteiger partial charge on any atom is 0.130 e. The number of aliphatic hydroxyl groups is 1. The zero-order valence-electron chi connectivity index (χ0n) is 11.0. The molecule has 0 amide bonds. The first-order valence-corrected chi connectivity index (χ1v) is 6.96. The Labute approximate surface area is 121 Å². The Kier molecular flexibility index (Phi) is 4.38. The minimum atomic E-state index is -0.825. The van der Waals surface area contributed by atoms with Crippen molar-refractivity contribution in [1.29, 1.82) is 0 Å². The van der Waals surface area contributed by atoms with Crippen molar-refractivity contribution < 1.29 is 9.50 Å². The summed E-state index contributed by atoms with van der Waals surface area (Å²) < 4.78 is 14.5. The molecule has 0 radical (unpaired) electrons. The first-order chi connectivity index (χ1) is 8.97. The first-order valence-electron chi connectivity index (χ1n) is 6.16. The summed E-state index contributed by atoms with van der Waals surface area (Å²) in [6, 6.07) is 10.8. The van der Waals surface area contributed by atoms with Crippen LogP contribution in [0.4, 0.5) is 4.39 Å². The smallest absolute Gasteiger partial charge is 0.130 e. The van der Waals surface area contributed by atoms with Crippen molar-refractivity contribution in [1.82, 2.24) is 0 Å². The van der Waals surface area contributed by atoms with E-state index in [-0.39, 0.29) is 5.82 Å². The quantitative estimate of drug-likeness (QED) is 0.883. The van der Waals surface area contributed by atoms with Gasteiger partial charge in [0.2, 0.25) is 0 Å². The molecular formula is C16H16BrFO. The summed E-state index contributed by atoms with van der Waals surface area (Å²) in [5, 5.41) is 10.2. The van der Waals surface area contributed by atoms with Crippen LogP contribution in [0.15, 0.2) is 40.9 Å². The minimum Gasteiger partial charge on any atom is -0.388 e. The normalized spacial score (nSPS) is 12.5. The average Bonchev–Trinajstić information content (AvgIpc) is 2.33. The molecule has 0 saturated heterocycles. The van der Waals surface area contributed by atoms with Crippen LogP contribution in [0.1, 0.15) is 28.4 Å². The Bertz CT molecular complexity index is 595. The molecule has 100 valence electrons. The van der Waals surface area contributed by atoms with Crippen LogP contribution in [-0.4, -0.2) is 5.11 Å². The Morgan fingerprint density at radius 1 is 1.16 bits per heavy atom. The maximum atomic E-state index is 13.8. The van der Waals surface area contributed by atoms with E-state index in [1.807, 2.05) is 32.0 Å². The summed E-state index contributed by atoms with van der Waals surface area (Å²) in [7, 11) is 0. The molecule has 0 aliphatic heterocycles. The number of halogens is 2. The van der Waals surface area contributed by atoms with E-state index in [4.69, 9.17) is 0 Å². The third-order valence-corrected chi connectivity index (χ3v) is 3.73. The summed E-state index contributed by atoms with van der Waals surface area (Å²) >= 11 is 3.21. The van der Waals surface area contributed by atoms with E-state index in [0.717, 1.165) is 16.7 Å². The lowest BCUT2D eigenvalue weighted by atomic mass is 9.96. The summed E-state index contributed by atoms with van der Waals surface area (Å²) in [4.78, 5) is 0. The SMILES string of the molecule is Cc1ccc(C)c(CC(O)c2ccc(Br)cc2F)c1. The molecule has 1 N–H and O–H groups in total.